The van der Waals surface area contributed by atoms with Crippen LogP contribution in [0.1, 0.15) is 27.7 Å². The lowest BCUT2D eigenvalue weighted by Gasteiger charge is -2.14. The third kappa shape index (κ3) is 5.20. The second-order valence-electron chi connectivity index (χ2n) is 6.21. The third-order valence-electron chi connectivity index (χ3n) is 4.16. The number of carbonyl (C=O) groups excluding carboxylic acids is 3. The summed E-state index contributed by atoms with van der Waals surface area (Å²) < 4.78 is 20.9. The smallest absolute Gasteiger partial charge is 0.341 e. The van der Waals surface area contributed by atoms with Gasteiger partial charge in [-0.3, -0.25) is 9.59 Å². The first-order valence-corrected chi connectivity index (χ1v) is 9.68. The van der Waals surface area contributed by atoms with E-state index in [4.69, 9.17) is 18.9 Å². The highest BCUT2D eigenvalue weighted by molar-refractivity contribution is 7.16. The third-order valence-corrected chi connectivity index (χ3v) is 5.28. The summed E-state index contributed by atoms with van der Waals surface area (Å²) in [5.41, 5.74) is 1.32. The number of carbonyl (C=O) groups is 3. The van der Waals surface area contributed by atoms with Gasteiger partial charge in [0.15, 0.2) is 18.1 Å². The molecule has 2 amide bonds. The van der Waals surface area contributed by atoms with Crippen molar-refractivity contribution in [3.8, 4) is 17.2 Å². The summed E-state index contributed by atoms with van der Waals surface area (Å²) in [5.74, 6) is -0.422. The Morgan fingerprint density at radius 1 is 0.967 bits per heavy atom. The van der Waals surface area contributed by atoms with Gasteiger partial charge in [0, 0.05) is 29.6 Å². The number of nitrogens with one attached hydrogen (secondary N) is 2. The number of anilines is 2. The van der Waals surface area contributed by atoms with Gasteiger partial charge in [0.05, 0.1) is 26.9 Å². The Balaban J connectivity index is 2.10. The highest BCUT2D eigenvalue weighted by Gasteiger charge is 2.22. The van der Waals surface area contributed by atoms with Gasteiger partial charge in [-0.15, -0.1) is 11.3 Å². The Kier molecular flexibility index (Phi) is 7.65. The fourth-order valence-corrected chi connectivity index (χ4v) is 3.77. The second kappa shape index (κ2) is 9.97. The lowest BCUT2D eigenvalue weighted by Crippen LogP contribution is -2.21. The van der Waals surface area contributed by atoms with Crippen LogP contribution in [-0.2, 0) is 14.3 Å². The Bertz CT molecular complexity index is 943. The molecule has 2 N–H and O–H groups in total. The molecule has 1 aromatic carbocycles. The monoisotopic (exact) mass is 436 g/mol. The van der Waals surface area contributed by atoms with E-state index in [1.165, 1.54) is 39.6 Å². The summed E-state index contributed by atoms with van der Waals surface area (Å²) >= 11 is 1.27. The van der Waals surface area contributed by atoms with Crippen molar-refractivity contribution in [1.82, 2.24) is 0 Å². The molecule has 0 aliphatic rings. The van der Waals surface area contributed by atoms with E-state index in [0.29, 0.717) is 33.5 Å². The van der Waals surface area contributed by atoms with Crippen molar-refractivity contribution in [3.05, 3.63) is 28.1 Å². The number of methoxy groups -OCH3 is 3. The molecule has 1 aromatic heterocycles. The molecular formula is C20H24N2O7S. The standard InChI is InChI=1S/C20H24N2O7S/c1-10-11(2)30-19(21-12(3)23)17(10)20(25)29-9-16(24)22-13-7-14(26-4)18(28-6)15(8-13)27-5/h7-8H,9H2,1-6H3,(H,21,23)(H,22,24). The van der Waals surface area contributed by atoms with E-state index in [0.717, 1.165) is 4.88 Å². The van der Waals surface area contributed by atoms with Gasteiger partial charge in [0.1, 0.15) is 5.00 Å². The second-order valence-corrected chi connectivity index (χ2v) is 7.43. The zero-order valence-electron chi connectivity index (χ0n) is 17.6. The number of hydrogen-bond acceptors (Lipinski definition) is 8. The van der Waals surface area contributed by atoms with Crippen LogP contribution in [0.4, 0.5) is 10.7 Å². The summed E-state index contributed by atoms with van der Waals surface area (Å²) in [6.45, 7) is 4.43. The summed E-state index contributed by atoms with van der Waals surface area (Å²) in [7, 11) is 4.40. The van der Waals surface area contributed by atoms with E-state index in [1.807, 2.05) is 6.92 Å². The fourth-order valence-electron chi connectivity index (χ4n) is 2.67. The van der Waals surface area contributed by atoms with Crippen LogP contribution >= 0.6 is 11.3 Å². The van der Waals surface area contributed by atoms with Gasteiger partial charge in [0.2, 0.25) is 11.7 Å². The summed E-state index contributed by atoms with van der Waals surface area (Å²) in [6.07, 6.45) is 0. The molecule has 9 nitrogen and oxygen atoms in total. The molecule has 0 atom stereocenters. The SMILES string of the molecule is COc1cc(NC(=O)COC(=O)c2c(NC(C)=O)sc(C)c2C)cc(OC)c1OC. The minimum Gasteiger partial charge on any atom is -0.493 e. The topological polar surface area (TPSA) is 112 Å². The number of rotatable bonds is 8. The molecular weight excluding hydrogens is 412 g/mol. The first-order valence-electron chi connectivity index (χ1n) is 8.86. The van der Waals surface area contributed by atoms with Crippen molar-refractivity contribution in [2.45, 2.75) is 20.8 Å². The zero-order chi connectivity index (χ0) is 22.4. The van der Waals surface area contributed by atoms with Crippen LogP contribution in [0.25, 0.3) is 0 Å². The molecule has 0 spiro atoms. The molecule has 30 heavy (non-hydrogen) atoms. The maximum absolute atomic E-state index is 12.5. The predicted molar refractivity (Wildman–Crippen MR) is 113 cm³/mol. The van der Waals surface area contributed by atoms with Gasteiger partial charge in [-0.2, -0.15) is 0 Å². The largest absolute Gasteiger partial charge is 0.493 e. The average Bonchev–Trinajstić information content (AvgIpc) is 2.97. The van der Waals surface area contributed by atoms with E-state index < -0.39 is 18.5 Å². The number of amides is 2. The molecule has 2 rings (SSSR count). The number of aryl methyl sites for hydroxylation is 1. The molecule has 0 aliphatic carbocycles. The Morgan fingerprint density at radius 2 is 1.57 bits per heavy atom. The van der Waals surface area contributed by atoms with Crippen molar-refractivity contribution < 1.29 is 33.3 Å². The van der Waals surface area contributed by atoms with Crippen molar-refractivity contribution in [2.75, 3.05) is 38.6 Å². The maximum atomic E-state index is 12.5. The van der Waals surface area contributed by atoms with Crippen LogP contribution in [0.3, 0.4) is 0 Å². The molecule has 0 saturated heterocycles. The van der Waals surface area contributed by atoms with E-state index in [2.05, 4.69) is 10.6 Å². The first kappa shape index (κ1) is 23.0. The van der Waals surface area contributed by atoms with Gasteiger partial charge in [-0.1, -0.05) is 0 Å². The molecule has 0 fully saturated rings. The minimum atomic E-state index is -0.694. The van der Waals surface area contributed by atoms with E-state index >= 15 is 0 Å². The zero-order valence-corrected chi connectivity index (χ0v) is 18.4. The van der Waals surface area contributed by atoms with Crippen molar-refractivity contribution in [2.24, 2.45) is 0 Å². The highest BCUT2D eigenvalue weighted by Crippen LogP contribution is 2.40. The minimum absolute atomic E-state index is 0.244. The number of hydrogen-bond donors (Lipinski definition) is 2. The van der Waals surface area contributed by atoms with E-state index in [1.54, 1.807) is 19.1 Å². The number of ether oxygens (including phenoxy) is 4. The molecule has 0 aliphatic heterocycles. The Hall–Kier alpha value is -3.27. The van der Waals surface area contributed by atoms with Gasteiger partial charge < -0.3 is 29.6 Å². The van der Waals surface area contributed by atoms with Crippen LogP contribution < -0.4 is 24.8 Å². The highest BCUT2D eigenvalue weighted by atomic mass is 32.1. The first-order chi connectivity index (χ1) is 14.2. The predicted octanol–water partition coefficient (Wildman–Crippen LogP) is 3.14. The van der Waals surface area contributed by atoms with E-state index in [9.17, 15) is 14.4 Å². The molecule has 0 bridgehead atoms. The van der Waals surface area contributed by atoms with Crippen molar-refractivity contribution in [1.29, 1.82) is 0 Å². The molecule has 2 aromatic rings. The van der Waals surface area contributed by atoms with Crippen LogP contribution in [-0.4, -0.2) is 45.7 Å². The van der Waals surface area contributed by atoms with Crippen molar-refractivity contribution in [3.63, 3.8) is 0 Å². The molecule has 10 heteroatoms. The van der Waals surface area contributed by atoms with Crippen LogP contribution in [0.15, 0.2) is 12.1 Å². The molecule has 162 valence electrons. The van der Waals surface area contributed by atoms with Crippen LogP contribution in [0.5, 0.6) is 17.2 Å². The summed E-state index contributed by atoms with van der Waals surface area (Å²) in [5, 5.41) is 5.63. The normalized spacial score (nSPS) is 10.2. The number of benzene rings is 1. The van der Waals surface area contributed by atoms with Gasteiger partial charge in [-0.05, 0) is 19.4 Å². The lowest BCUT2D eigenvalue weighted by molar-refractivity contribution is -0.119. The summed E-state index contributed by atoms with van der Waals surface area (Å²) in [4.78, 5) is 37.1. The lowest BCUT2D eigenvalue weighted by atomic mass is 10.1. The number of thiophene rings is 1. The molecule has 0 unspecified atom stereocenters. The van der Waals surface area contributed by atoms with Crippen LogP contribution in [0.2, 0.25) is 0 Å². The Morgan fingerprint density at radius 3 is 2.07 bits per heavy atom. The summed E-state index contributed by atoms with van der Waals surface area (Å²) in [6, 6.07) is 3.12. The quantitative estimate of drug-likeness (QED) is 0.611. The fraction of sp³-hybridized carbons (Fsp3) is 0.350. The molecule has 1 heterocycles. The van der Waals surface area contributed by atoms with E-state index in [-0.39, 0.29) is 11.5 Å². The maximum Gasteiger partial charge on any atom is 0.341 e. The van der Waals surface area contributed by atoms with Gasteiger partial charge in [-0.25, -0.2) is 4.79 Å². The van der Waals surface area contributed by atoms with Crippen LogP contribution in [0, 0.1) is 13.8 Å². The van der Waals surface area contributed by atoms with Gasteiger partial charge >= 0.3 is 5.97 Å². The van der Waals surface area contributed by atoms with Crippen molar-refractivity contribution >= 4 is 39.8 Å². The average molecular weight is 436 g/mol. The molecule has 0 saturated carbocycles. The molecule has 0 radical (unpaired) electrons. The van der Waals surface area contributed by atoms with Gasteiger partial charge in [0.25, 0.3) is 5.91 Å². The number of esters is 1. The Labute approximate surface area is 178 Å².